The maximum absolute atomic E-state index is 14.5. The maximum Gasteiger partial charge on any atom is 0.126 e. The van der Waals surface area contributed by atoms with Crippen molar-refractivity contribution in [3.05, 3.63) is 59.0 Å². The van der Waals surface area contributed by atoms with E-state index in [4.69, 9.17) is 0 Å². The molecule has 0 bridgehead atoms. The van der Waals surface area contributed by atoms with Crippen LogP contribution in [-0.2, 0) is 6.42 Å². The van der Waals surface area contributed by atoms with Crippen LogP contribution in [-0.4, -0.2) is 12.6 Å². The molecule has 0 amide bonds. The van der Waals surface area contributed by atoms with Crippen LogP contribution in [0.25, 0.3) is 5.57 Å². The number of fused-ring (bicyclic) bond motifs is 1. The van der Waals surface area contributed by atoms with Gasteiger partial charge in [0.2, 0.25) is 0 Å². The number of allylic oxidation sites excluding steroid dienone is 6. The first-order valence-corrected chi connectivity index (χ1v) is 9.01. The van der Waals surface area contributed by atoms with Crippen molar-refractivity contribution in [3.8, 4) is 0 Å². The molecule has 1 heterocycles. The van der Waals surface area contributed by atoms with Crippen molar-refractivity contribution in [2.75, 3.05) is 11.4 Å². The van der Waals surface area contributed by atoms with Gasteiger partial charge >= 0.3 is 0 Å². The highest BCUT2D eigenvalue weighted by atomic mass is 19.1. The number of aryl methyl sites for hydroxylation is 1. The van der Waals surface area contributed by atoms with Gasteiger partial charge in [-0.2, -0.15) is 0 Å². The van der Waals surface area contributed by atoms with Crippen LogP contribution in [0.15, 0.2) is 47.8 Å². The van der Waals surface area contributed by atoms with E-state index in [2.05, 4.69) is 36.9 Å². The van der Waals surface area contributed by atoms with Gasteiger partial charge in [0.15, 0.2) is 0 Å². The summed E-state index contributed by atoms with van der Waals surface area (Å²) in [5.41, 5.74) is 5.42. The minimum Gasteiger partial charge on any atom is -0.369 e. The average Bonchev–Trinajstić information content (AvgIpc) is 2.80. The summed E-state index contributed by atoms with van der Waals surface area (Å²) >= 11 is 0. The summed E-state index contributed by atoms with van der Waals surface area (Å²) in [6.07, 6.45) is 8.86. The van der Waals surface area contributed by atoms with Crippen LogP contribution in [0.5, 0.6) is 0 Å². The van der Waals surface area contributed by atoms with Crippen molar-refractivity contribution in [3.63, 3.8) is 0 Å². The Labute approximate surface area is 146 Å². The van der Waals surface area contributed by atoms with E-state index in [0.29, 0.717) is 11.6 Å². The Bertz CT molecular complexity index is 665. The molecule has 1 aromatic rings. The Balaban J connectivity index is 2.36. The second kappa shape index (κ2) is 8.32. The van der Waals surface area contributed by atoms with Gasteiger partial charge in [-0.05, 0) is 88.8 Å². The molecule has 130 valence electrons. The Kier molecular flexibility index (Phi) is 6.42. The molecule has 0 spiro atoms. The molecular weight excluding hydrogens is 297 g/mol. The molecule has 24 heavy (non-hydrogen) atoms. The fourth-order valence-corrected chi connectivity index (χ4v) is 3.12. The lowest BCUT2D eigenvalue weighted by atomic mass is 9.99. The molecule has 1 nitrogen and oxygen atoms in total. The summed E-state index contributed by atoms with van der Waals surface area (Å²) in [4.78, 5) is 2.47. The molecule has 2 heteroatoms. The molecule has 1 aliphatic rings. The van der Waals surface area contributed by atoms with Gasteiger partial charge in [0.1, 0.15) is 5.83 Å². The van der Waals surface area contributed by atoms with Gasteiger partial charge in [0, 0.05) is 18.3 Å². The molecule has 1 aliphatic heterocycles. The normalized spacial score (nSPS) is 17.1. The summed E-state index contributed by atoms with van der Waals surface area (Å²) in [6, 6.07) is 6.91. The van der Waals surface area contributed by atoms with Gasteiger partial charge in [-0.1, -0.05) is 23.8 Å². The molecule has 0 atom stereocenters. The van der Waals surface area contributed by atoms with E-state index in [1.807, 2.05) is 32.9 Å². The number of anilines is 1. The van der Waals surface area contributed by atoms with Gasteiger partial charge in [-0.25, -0.2) is 4.39 Å². The summed E-state index contributed by atoms with van der Waals surface area (Å²) in [6.45, 7) is 11.4. The van der Waals surface area contributed by atoms with E-state index in [1.165, 1.54) is 24.1 Å². The second-order valence-electron chi connectivity index (χ2n) is 6.93. The van der Waals surface area contributed by atoms with E-state index >= 15 is 0 Å². The Hall–Kier alpha value is -1.83. The highest BCUT2D eigenvalue weighted by molar-refractivity contribution is 5.71. The van der Waals surface area contributed by atoms with E-state index < -0.39 is 0 Å². The molecule has 0 aromatic heterocycles. The summed E-state index contributed by atoms with van der Waals surface area (Å²) in [5, 5.41) is 0. The molecule has 0 N–H and O–H groups in total. The van der Waals surface area contributed by atoms with Crippen molar-refractivity contribution >= 4 is 11.3 Å². The molecule has 0 fully saturated rings. The molecular formula is C22H30FN. The molecule has 0 radical (unpaired) electrons. The first-order chi connectivity index (χ1) is 11.4. The lowest BCUT2D eigenvalue weighted by Crippen LogP contribution is -2.31. The topological polar surface area (TPSA) is 3.24 Å². The van der Waals surface area contributed by atoms with Gasteiger partial charge in [-0.15, -0.1) is 0 Å². The Morgan fingerprint density at radius 2 is 1.92 bits per heavy atom. The largest absolute Gasteiger partial charge is 0.369 e. The van der Waals surface area contributed by atoms with Crippen LogP contribution in [0.3, 0.4) is 0 Å². The van der Waals surface area contributed by atoms with Crippen molar-refractivity contribution in [1.82, 2.24) is 0 Å². The van der Waals surface area contributed by atoms with Crippen molar-refractivity contribution in [2.45, 2.75) is 59.9 Å². The third kappa shape index (κ3) is 4.37. The van der Waals surface area contributed by atoms with E-state index in [1.54, 1.807) is 6.08 Å². The Morgan fingerprint density at radius 1 is 1.17 bits per heavy atom. The summed E-state index contributed by atoms with van der Waals surface area (Å²) < 4.78 is 14.5. The quantitative estimate of drug-likeness (QED) is 0.574. The third-order valence-corrected chi connectivity index (χ3v) is 4.85. The maximum atomic E-state index is 14.5. The number of hydrogen-bond donors (Lipinski definition) is 0. The smallest absolute Gasteiger partial charge is 0.126 e. The average molecular weight is 327 g/mol. The van der Waals surface area contributed by atoms with E-state index in [0.717, 1.165) is 24.1 Å². The zero-order valence-corrected chi connectivity index (χ0v) is 15.7. The van der Waals surface area contributed by atoms with E-state index in [9.17, 15) is 4.39 Å². The zero-order valence-electron chi connectivity index (χ0n) is 15.7. The van der Waals surface area contributed by atoms with Crippen LogP contribution in [0.1, 0.15) is 58.6 Å². The van der Waals surface area contributed by atoms with Crippen molar-refractivity contribution in [1.29, 1.82) is 0 Å². The molecule has 0 unspecified atom stereocenters. The lowest BCUT2D eigenvalue weighted by molar-refractivity contribution is 0.652. The van der Waals surface area contributed by atoms with Crippen LogP contribution >= 0.6 is 0 Å². The predicted octanol–water partition coefficient (Wildman–Crippen LogP) is 6.46. The number of rotatable bonds is 4. The summed E-state index contributed by atoms with van der Waals surface area (Å²) in [5.74, 6) is -0.162. The van der Waals surface area contributed by atoms with Crippen LogP contribution in [0.2, 0.25) is 0 Å². The Morgan fingerprint density at radius 3 is 2.58 bits per heavy atom. The minimum atomic E-state index is -0.162. The number of halogens is 1. The molecule has 0 saturated heterocycles. The molecule has 0 aliphatic carbocycles. The van der Waals surface area contributed by atoms with Crippen LogP contribution in [0.4, 0.5) is 10.1 Å². The van der Waals surface area contributed by atoms with Gasteiger partial charge in [0.05, 0.1) is 0 Å². The third-order valence-electron chi connectivity index (χ3n) is 4.85. The van der Waals surface area contributed by atoms with Crippen LogP contribution < -0.4 is 4.90 Å². The first-order valence-electron chi connectivity index (χ1n) is 9.01. The first kappa shape index (κ1) is 18.5. The van der Waals surface area contributed by atoms with Gasteiger partial charge < -0.3 is 4.90 Å². The fourth-order valence-electron chi connectivity index (χ4n) is 3.12. The van der Waals surface area contributed by atoms with Crippen molar-refractivity contribution < 1.29 is 4.39 Å². The molecule has 0 saturated carbocycles. The fraction of sp³-hybridized carbons (Fsp3) is 0.455. The van der Waals surface area contributed by atoms with Crippen LogP contribution in [0, 0.1) is 0 Å². The van der Waals surface area contributed by atoms with Crippen molar-refractivity contribution in [2.24, 2.45) is 0 Å². The van der Waals surface area contributed by atoms with E-state index in [-0.39, 0.29) is 5.83 Å². The molecule has 1 aromatic carbocycles. The van der Waals surface area contributed by atoms with Gasteiger partial charge in [-0.3, -0.25) is 0 Å². The highest BCUT2D eigenvalue weighted by Gasteiger charge is 2.18. The number of hydrogen-bond acceptors (Lipinski definition) is 1. The lowest BCUT2D eigenvalue weighted by Gasteiger charge is -2.29. The highest BCUT2D eigenvalue weighted by Crippen LogP contribution is 2.31. The summed E-state index contributed by atoms with van der Waals surface area (Å²) in [7, 11) is 0. The monoisotopic (exact) mass is 327 g/mol. The number of nitrogens with zero attached hydrogens (tertiary/aromatic N) is 1. The SMILES string of the molecule is C/C=C(C)/C=C/C(F)=C(\C)c1ccc2c(c1)CCCCN2C(C)C. The second-order valence-corrected chi connectivity index (χ2v) is 6.93. The standard InChI is InChI=1S/C22H30FN/c1-6-17(4)10-12-21(23)18(5)19-11-13-22-20(15-19)9-7-8-14-24(22)16(2)3/h6,10-13,15-16H,7-9,14H2,1-5H3/b12-10+,17-6+,21-18-. The predicted molar refractivity (Wildman–Crippen MR) is 104 cm³/mol. The van der Waals surface area contributed by atoms with Gasteiger partial charge in [0.25, 0.3) is 0 Å². The zero-order chi connectivity index (χ0) is 17.7. The molecule has 2 rings (SSSR count). The minimum absolute atomic E-state index is 0.162. The number of benzene rings is 1.